The molecular formula is C18H29NO. The van der Waals surface area contributed by atoms with Crippen LogP contribution in [0.1, 0.15) is 57.6 Å². The quantitative estimate of drug-likeness (QED) is 0.742. The molecule has 0 spiro atoms. The third-order valence-electron chi connectivity index (χ3n) is 4.85. The molecule has 0 heterocycles. The summed E-state index contributed by atoms with van der Waals surface area (Å²) in [6.45, 7) is 11.1. The normalized spacial score (nSPS) is 23.6. The number of anilines is 1. The fourth-order valence-corrected chi connectivity index (χ4v) is 3.28. The Balaban J connectivity index is 1.98. The maximum Gasteiger partial charge on any atom is 0.118 e. The highest BCUT2D eigenvalue weighted by atomic mass is 16.3. The molecule has 20 heavy (non-hydrogen) atoms. The standard InChI is InChI=1S/C18H29NO/c1-12-11-17(20)13(2)10-16(12)19-15-8-6-14(7-9-15)18(3,4)5/h10-11,14-15,19-20H,6-9H2,1-5H3. The molecule has 2 N–H and O–H groups in total. The van der Waals surface area contributed by atoms with Crippen LogP contribution in [0.2, 0.25) is 0 Å². The van der Waals surface area contributed by atoms with Gasteiger partial charge in [-0.1, -0.05) is 20.8 Å². The average molecular weight is 275 g/mol. The molecule has 2 nitrogen and oxygen atoms in total. The molecule has 0 saturated heterocycles. The minimum absolute atomic E-state index is 0.393. The summed E-state index contributed by atoms with van der Waals surface area (Å²) in [5.41, 5.74) is 3.70. The van der Waals surface area contributed by atoms with E-state index in [4.69, 9.17) is 0 Å². The van der Waals surface area contributed by atoms with Crippen LogP contribution in [0, 0.1) is 25.2 Å². The SMILES string of the molecule is Cc1cc(NC2CCC(C(C)(C)C)CC2)c(C)cc1O. The Hall–Kier alpha value is -1.18. The van der Waals surface area contributed by atoms with Crippen LogP contribution in [0.15, 0.2) is 12.1 Å². The van der Waals surface area contributed by atoms with Gasteiger partial charge in [-0.2, -0.15) is 0 Å². The number of rotatable bonds is 2. The molecular weight excluding hydrogens is 246 g/mol. The molecule has 0 unspecified atom stereocenters. The molecule has 0 aliphatic heterocycles. The Labute approximate surface area is 123 Å². The second-order valence-electron chi connectivity index (χ2n) is 7.51. The molecule has 1 aliphatic rings. The van der Waals surface area contributed by atoms with Crippen molar-refractivity contribution in [2.75, 3.05) is 5.32 Å². The summed E-state index contributed by atoms with van der Waals surface area (Å²) in [4.78, 5) is 0. The van der Waals surface area contributed by atoms with E-state index in [0.717, 1.165) is 17.0 Å². The first-order valence-electron chi connectivity index (χ1n) is 7.84. The van der Waals surface area contributed by atoms with Gasteiger partial charge >= 0.3 is 0 Å². The Morgan fingerprint density at radius 2 is 1.60 bits per heavy atom. The summed E-state index contributed by atoms with van der Waals surface area (Å²) in [7, 11) is 0. The van der Waals surface area contributed by atoms with Crippen molar-refractivity contribution in [3.63, 3.8) is 0 Å². The lowest BCUT2D eigenvalue weighted by Gasteiger charge is -2.37. The van der Waals surface area contributed by atoms with E-state index in [1.54, 1.807) is 0 Å². The molecule has 0 aromatic heterocycles. The van der Waals surface area contributed by atoms with Gasteiger partial charge in [0.25, 0.3) is 0 Å². The first kappa shape index (κ1) is 15.2. The molecule has 1 fully saturated rings. The van der Waals surface area contributed by atoms with Gasteiger partial charge in [0.1, 0.15) is 5.75 Å². The number of hydrogen-bond acceptors (Lipinski definition) is 2. The van der Waals surface area contributed by atoms with Gasteiger partial charge in [-0.3, -0.25) is 0 Å². The lowest BCUT2D eigenvalue weighted by atomic mass is 9.71. The van der Waals surface area contributed by atoms with E-state index in [-0.39, 0.29) is 0 Å². The predicted octanol–water partition coefficient (Wildman–Crippen LogP) is 5.03. The molecule has 2 rings (SSSR count). The van der Waals surface area contributed by atoms with Gasteiger partial charge in [0.15, 0.2) is 0 Å². The summed E-state index contributed by atoms with van der Waals surface area (Å²) >= 11 is 0. The Kier molecular flexibility index (Phi) is 4.31. The Morgan fingerprint density at radius 3 is 2.15 bits per heavy atom. The van der Waals surface area contributed by atoms with Gasteiger partial charge < -0.3 is 10.4 Å². The summed E-state index contributed by atoms with van der Waals surface area (Å²) in [5, 5.41) is 13.4. The van der Waals surface area contributed by atoms with Crippen LogP contribution in [-0.4, -0.2) is 11.1 Å². The monoisotopic (exact) mass is 275 g/mol. The minimum atomic E-state index is 0.393. The van der Waals surface area contributed by atoms with Crippen molar-refractivity contribution in [2.24, 2.45) is 11.3 Å². The fraction of sp³-hybridized carbons (Fsp3) is 0.667. The van der Waals surface area contributed by atoms with E-state index in [0.29, 0.717) is 17.2 Å². The topological polar surface area (TPSA) is 32.3 Å². The van der Waals surface area contributed by atoms with E-state index < -0.39 is 0 Å². The molecule has 0 bridgehead atoms. The highest BCUT2D eigenvalue weighted by molar-refractivity contribution is 5.57. The zero-order valence-electron chi connectivity index (χ0n) is 13.6. The predicted molar refractivity (Wildman–Crippen MR) is 86.4 cm³/mol. The minimum Gasteiger partial charge on any atom is -0.508 e. The molecule has 2 heteroatoms. The van der Waals surface area contributed by atoms with Crippen molar-refractivity contribution in [3.8, 4) is 5.75 Å². The van der Waals surface area contributed by atoms with Crippen molar-refractivity contribution in [1.82, 2.24) is 0 Å². The molecule has 0 amide bonds. The molecule has 0 radical (unpaired) electrons. The number of aromatic hydroxyl groups is 1. The van der Waals surface area contributed by atoms with Crippen molar-refractivity contribution >= 4 is 5.69 Å². The summed E-state index contributed by atoms with van der Waals surface area (Å²) in [6, 6.07) is 4.51. The fourth-order valence-electron chi connectivity index (χ4n) is 3.28. The van der Waals surface area contributed by atoms with Gasteiger partial charge in [0.05, 0.1) is 0 Å². The van der Waals surface area contributed by atoms with E-state index in [9.17, 15) is 5.11 Å². The van der Waals surface area contributed by atoms with Gasteiger partial charge in [-0.15, -0.1) is 0 Å². The molecule has 1 saturated carbocycles. The van der Waals surface area contributed by atoms with Crippen LogP contribution < -0.4 is 5.32 Å². The number of phenolic OH excluding ortho intramolecular Hbond substituents is 1. The second kappa shape index (κ2) is 5.67. The van der Waals surface area contributed by atoms with Crippen LogP contribution in [0.3, 0.4) is 0 Å². The summed E-state index contributed by atoms with van der Waals surface area (Å²) in [5.74, 6) is 1.24. The molecule has 1 aromatic rings. The second-order valence-corrected chi connectivity index (χ2v) is 7.51. The van der Waals surface area contributed by atoms with Gasteiger partial charge in [0.2, 0.25) is 0 Å². The summed E-state index contributed by atoms with van der Waals surface area (Å²) < 4.78 is 0. The maximum atomic E-state index is 9.73. The first-order valence-corrected chi connectivity index (χ1v) is 7.84. The van der Waals surface area contributed by atoms with Crippen LogP contribution in [-0.2, 0) is 0 Å². The van der Waals surface area contributed by atoms with Crippen molar-refractivity contribution < 1.29 is 5.11 Å². The van der Waals surface area contributed by atoms with Crippen molar-refractivity contribution in [1.29, 1.82) is 0 Å². The highest BCUT2D eigenvalue weighted by Crippen LogP contribution is 2.38. The highest BCUT2D eigenvalue weighted by Gasteiger charge is 2.29. The maximum absolute atomic E-state index is 9.73. The molecule has 1 aromatic carbocycles. The number of aryl methyl sites for hydroxylation is 2. The zero-order chi connectivity index (χ0) is 14.9. The number of hydrogen-bond donors (Lipinski definition) is 2. The van der Waals surface area contributed by atoms with E-state index in [1.807, 2.05) is 13.0 Å². The van der Waals surface area contributed by atoms with E-state index >= 15 is 0 Å². The van der Waals surface area contributed by atoms with Gasteiger partial charge in [-0.25, -0.2) is 0 Å². The molecule has 112 valence electrons. The van der Waals surface area contributed by atoms with Crippen LogP contribution in [0.4, 0.5) is 5.69 Å². The Bertz CT molecular complexity index is 465. The third kappa shape index (κ3) is 3.47. The molecule has 1 aliphatic carbocycles. The number of benzene rings is 1. The van der Waals surface area contributed by atoms with Crippen molar-refractivity contribution in [2.45, 2.75) is 66.3 Å². The lowest BCUT2D eigenvalue weighted by molar-refractivity contribution is 0.173. The van der Waals surface area contributed by atoms with E-state index in [2.05, 4.69) is 39.1 Å². The Morgan fingerprint density at radius 1 is 1.00 bits per heavy atom. The van der Waals surface area contributed by atoms with Crippen LogP contribution >= 0.6 is 0 Å². The smallest absolute Gasteiger partial charge is 0.118 e. The third-order valence-corrected chi connectivity index (χ3v) is 4.85. The first-order chi connectivity index (χ1) is 9.27. The lowest BCUT2D eigenvalue weighted by Crippen LogP contribution is -2.31. The van der Waals surface area contributed by atoms with Crippen LogP contribution in [0.25, 0.3) is 0 Å². The average Bonchev–Trinajstić information content (AvgIpc) is 2.35. The van der Waals surface area contributed by atoms with Gasteiger partial charge in [0, 0.05) is 11.7 Å². The number of nitrogens with one attached hydrogen (secondary N) is 1. The van der Waals surface area contributed by atoms with Crippen LogP contribution in [0.5, 0.6) is 5.75 Å². The molecule has 0 atom stereocenters. The van der Waals surface area contributed by atoms with Crippen molar-refractivity contribution in [3.05, 3.63) is 23.3 Å². The largest absolute Gasteiger partial charge is 0.508 e. The van der Waals surface area contributed by atoms with E-state index in [1.165, 1.54) is 31.4 Å². The number of phenols is 1. The van der Waals surface area contributed by atoms with Gasteiger partial charge in [-0.05, 0) is 74.1 Å². The summed E-state index contributed by atoms with van der Waals surface area (Å²) in [6.07, 6.45) is 5.14. The zero-order valence-corrected chi connectivity index (χ0v) is 13.6.